The van der Waals surface area contributed by atoms with Gasteiger partial charge in [0, 0.05) is 42.3 Å². The third-order valence-corrected chi connectivity index (χ3v) is 6.38. The van der Waals surface area contributed by atoms with E-state index in [0.717, 1.165) is 47.6 Å². The molecule has 4 heterocycles. The number of carboxylic acid groups (broad SMARTS) is 1. The first-order chi connectivity index (χ1) is 14.3. The van der Waals surface area contributed by atoms with E-state index in [-0.39, 0.29) is 17.0 Å². The quantitative estimate of drug-likeness (QED) is 0.813. The number of fused-ring (bicyclic) bond motifs is 5. The summed E-state index contributed by atoms with van der Waals surface area (Å²) in [6.07, 6.45) is 6.05. The van der Waals surface area contributed by atoms with Crippen LogP contribution in [-0.4, -0.2) is 28.9 Å². The number of ether oxygens (including phenoxy) is 2. The lowest BCUT2D eigenvalue weighted by atomic mass is 9.77. The summed E-state index contributed by atoms with van der Waals surface area (Å²) in [5.41, 5.74) is 4.27. The van der Waals surface area contributed by atoms with Crippen molar-refractivity contribution in [1.29, 1.82) is 0 Å². The molecule has 2 aromatic rings. The van der Waals surface area contributed by atoms with E-state index in [1.165, 1.54) is 23.4 Å². The number of pyridine rings is 1. The Hall–Kier alpha value is -3.02. The van der Waals surface area contributed by atoms with E-state index in [1.807, 2.05) is 4.57 Å². The molecule has 0 unspecified atom stereocenters. The van der Waals surface area contributed by atoms with Gasteiger partial charge in [0.05, 0.1) is 24.5 Å². The lowest BCUT2D eigenvalue weighted by Gasteiger charge is -2.39. The molecule has 156 valence electrons. The molecule has 1 N–H and O–H groups in total. The molecule has 0 amide bonds. The van der Waals surface area contributed by atoms with Crippen molar-refractivity contribution in [3.8, 4) is 17.0 Å². The molecule has 0 aliphatic carbocycles. The average molecular weight is 407 g/mol. The molecule has 1 atom stereocenters. The molecule has 0 spiro atoms. The van der Waals surface area contributed by atoms with E-state index >= 15 is 0 Å². The third-order valence-electron chi connectivity index (χ3n) is 6.38. The van der Waals surface area contributed by atoms with Crippen molar-refractivity contribution < 1.29 is 19.4 Å². The fourth-order valence-corrected chi connectivity index (χ4v) is 4.89. The maximum atomic E-state index is 12.6. The van der Waals surface area contributed by atoms with E-state index in [4.69, 9.17) is 9.47 Å². The Morgan fingerprint density at radius 2 is 1.93 bits per heavy atom. The van der Waals surface area contributed by atoms with E-state index in [0.29, 0.717) is 13.2 Å². The molecule has 0 saturated heterocycles. The van der Waals surface area contributed by atoms with Crippen LogP contribution in [0.3, 0.4) is 0 Å². The van der Waals surface area contributed by atoms with Crippen LogP contribution in [0.4, 0.5) is 0 Å². The second-order valence-electron chi connectivity index (χ2n) is 9.30. The highest BCUT2D eigenvalue weighted by molar-refractivity contribution is 5.88. The van der Waals surface area contributed by atoms with Crippen LogP contribution in [0.25, 0.3) is 17.0 Å². The second-order valence-corrected chi connectivity index (χ2v) is 9.30. The molecule has 0 bridgehead atoms. The fraction of sp³-hybridized carbons (Fsp3) is 0.417. The number of aromatic nitrogens is 1. The number of benzene rings is 1. The standard InChI is InChI=1S/C24H25NO5/c1-24(2,3)21-10-14-13-6-8-30-22(13)16(20-5-4-7-29-20)9-15(14)18-11-19(26)17(23(27)28)12-25(18)21/h5,9,11-12,21H,4,6-8,10H2,1-3H3,(H,27,28)/t21-/m0/s1. The summed E-state index contributed by atoms with van der Waals surface area (Å²) in [7, 11) is 0. The Bertz CT molecular complexity index is 1170. The molecule has 3 aliphatic rings. The normalized spacial score (nSPS) is 19.3. The zero-order valence-corrected chi connectivity index (χ0v) is 17.4. The van der Waals surface area contributed by atoms with Gasteiger partial charge in [0.25, 0.3) is 0 Å². The minimum Gasteiger partial charge on any atom is -0.493 e. The first-order valence-electron chi connectivity index (χ1n) is 10.4. The highest BCUT2D eigenvalue weighted by Gasteiger charge is 2.37. The van der Waals surface area contributed by atoms with Gasteiger partial charge in [0.2, 0.25) is 0 Å². The highest BCUT2D eigenvalue weighted by atomic mass is 16.5. The van der Waals surface area contributed by atoms with Gasteiger partial charge in [-0.3, -0.25) is 4.79 Å². The predicted octanol–water partition coefficient (Wildman–Crippen LogP) is 4.05. The number of hydrogen-bond acceptors (Lipinski definition) is 4. The Kier molecular flexibility index (Phi) is 4.10. The molecule has 6 nitrogen and oxygen atoms in total. The van der Waals surface area contributed by atoms with Gasteiger partial charge in [-0.1, -0.05) is 20.8 Å². The van der Waals surface area contributed by atoms with Crippen LogP contribution in [0.5, 0.6) is 5.75 Å². The van der Waals surface area contributed by atoms with Crippen LogP contribution in [-0.2, 0) is 17.6 Å². The lowest BCUT2D eigenvalue weighted by molar-refractivity contribution is 0.0693. The van der Waals surface area contributed by atoms with Crippen LogP contribution in [0, 0.1) is 5.41 Å². The summed E-state index contributed by atoms with van der Waals surface area (Å²) < 4.78 is 13.8. The smallest absolute Gasteiger partial charge is 0.341 e. The SMILES string of the molecule is CC(C)(C)[C@@H]1Cc2c(cc(C3=CCCO3)c3c2CCO3)-c2cc(=O)c(C(=O)O)cn21. The van der Waals surface area contributed by atoms with Crippen molar-refractivity contribution >= 4 is 11.7 Å². The second kappa shape index (κ2) is 6.49. The van der Waals surface area contributed by atoms with Crippen LogP contribution in [0.2, 0.25) is 0 Å². The number of carbonyl (C=O) groups is 1. The Morgan fingerprint density at radius 3 is 2.60 bits per heavy atom. The van der Waals surface area contributed by atoms with E-state index in [2.05, 4.69) is 32.9 Å². The van der Waals surface area contributed by atoms with E-state index < -0.39 is 11.4 Å². The number of carboxylic acids is 1. The molecule has 6 heteroatoms. The van der Waals surface area contributed by atoms with Crippen LogP contribution in [0.15, 0.2) is 29.2 Å². The zero-order valence-electron chi connectivity index (χ0n) is 17.4. The monoisotopic (exact) mass is 407 g/mol. The zero-order chi connectivity index (χ0) is 21.2. The van der Waals surface area contributed by atoms with Gasteiger partial charge >= 0.3 is 5.97 Å². The van der Waals surface area contributed by atoms with Gasteiger partial charge in [-0.2, -0.15) is 0 Å². The molecule has 1 aromatic heterocycles. The van der Waals surface area contributed by atoms with Gasteiger partial charge in [-0.25, -0.2) is 4.79 Å². The molecule has 0 fully saturated rings. The van der Waals surface area contributed by atoms with Crippen LogP contribution >= 0.6 is 0 Å². The Morgan fingerprint density at radius 1 is 1.13 bits per heavy atom. The highest BCUT2D eigenvalue weighted by Crippen LogP contribution is 2.49. The van der Waals surface area contributed by atoms with Gasteiger partial charge in [0.1, 0.15) is 17.1 Å². The maximum absolute atomic E-state index is 12.6. The van der Waals surface area contributed by atoms with Crippen molar-refractivity contribution in [2.75, 3.05) is 13.2 Å². The van der Waals surface area contributed by atoms with E-state index in [1.54, 1.807) is 0 Å². The van der Waals surface area contributed by atoms with Crippen molar-refractivity contribution in [2.24, 2.45) is 5.41 Å². The minimum atomic E-state index is -1.19. The molecular weight excluding hydrogens is 382 g/mol. The van der Waals surface area contributed by atoms with Crippen molar-refractivity contribution in [3.05, 3.63) is 56.9 Å². The molecule has 0 radical (unpaired) electrons. The summed E-state index contributed by atoms with van der Waals surface area (Å²) in [5, 5.41) is 9.51. The topological polar surface area (TPSA) is 77.8 Å². The van der Waals surface area contributed by atoms with Gasteiger partial charge in [-0.05, 0) is 29.5 Å². The predicted molar refractivity (Wildman–Crippen MR) is 113 cm³/mol. The molecule has 0 saturated carbocycles. The molecular formula is C24H25NO5. The van der Waals surface area contributed by atoms with E-state index in [9.17, 15) is 14.7 Å². The van der Waals surface area contributed by atoms with Crippen LogP contribution in [0.1, 0.15) is 60.3 Å². The molecule has 1 aromatic carbocycles. The maximum Gasteiger partial charge on any atom is 0.341 e. The average Bonchev–Trinajstić information content (AvgIpc) is 3.37. The molecule has 3 aliphatic heterocycles. The third kappa shape index (κ3) is 2.77. The Balaban J connectivity index is 1.81. The fourth-order valence-electron chi connectivity index (χ4n) is 4.89. The van der Waals surface area contributed by atoms with Gasteiger partial charge in [-0.15, -0.1) is 0 Å². The summed E-state index contributed by atoms with van der Waals surface area (Å²) in [5.74, 6) is 0.527. The molecule has 30 heavy (non-hydrogen) atoms. The summed E-state index contributed by atoms with van der Waals surface area (Å²) in [4.78, 5) is 24.3. The summed E-state index contributed by atoms with van der Waals surface area (Å²) >= 11 is 0. The van der Waals surface area contributed by atoms with Crippen molar-refractivity contribution in [2.45, 2.75) is 46.1 Å². The van der Waals surface area contributed by atoms with Crippen molar-refractivity contribution in [1.82, 2.24) is 4.57 Å². The number of rotatable bonds is 2. The van der Waals surface area contributed by atoms with Gasteiger partial charge in [0.15, 0.2) is 5.43 Å². The summed E-state index contributed by atoms with van der Waals surface area (Å²) in [6, 6.07) is 3.56. The Labute approximate surface area is 174 Å². The minimum absolute atomic E-state index is 0.0243. The van der Waals surface area contributed by atoms with Crippen LogP contribution < -0.4 is 10.2 Å². The number of nitrogens with zero attached hydrogens (tertiary/aromatic N) is 1. The van der Waals surface area contributed by atoms with Crippen molar-refractivity contribution in [3.63, 3.8) is 0 Å². The molecule has 5 rings (SSSR count). The van der Waals surface area contributed by atoms with Gasteiger partial charge < -0.3 is 19.1 Å². The number of hydrogen-bond donors (Lipinski definition) is 1. The largest absolute Gasteiger partial charge is 0.493 e. The summed E-state index contributed by atoms with van der Waals surface area (Å²) in [6.45, 7) is 7.73. The first-order valence-corrected chi connectivity index (χ1v) is 10.4. The first kappa shape index (κ1) is 19.0. The number of aromatic carboxylic acids is 1. The lowest BCUT2D eigenvalue weighted by Crippen LogP contribution is -2.33.